The topological polar surface area (TPSA) is 32.3 Å². The average molecular weight is 507 g/mol. The summed E-state index contributed by atoms with van der Waals surface area (Å²) < 4.78 is 0. The lowest BCUT2D eigenvalue weighted by Gasteiger charge is -2.46. The average Bonchev–Trinajstić information content (AvgIpc) is 3.02. The Morgan fingerprint density at radius 1 is 0.590 bits per heavy atom. The fraction of sp³-hybridized carbons (Fsp3) is 0.0833. The molecule has 0 bridgehead atoms. The molecule has 2 atom stereocenters. The van der Waals surface area contributed by atoms with Crippen LogP contribution >= 0.6 is 0 Å². The van der Waals surface area contributed by atoms with Crippen LogP contribution in [0, 0.1) is 0 Å². The van der Waals surface area contributed by atoms with Crippen molar-refractivity contribution in [2.75, 3.05) is 10.2 Å². The van der Waals surface area contributed by atoms with Crippen molar-refractivity contribution < 1.29 is 4.79 Å². The second kappa shape index (κ2) is 11.2. The van der Waals surface area contributed by atoms with E-state index < -0.39 is 0 Å². The summed E-state index contributed by atoms with van der Waals surface area (Å²) in [6, 6.07) is 51.0. The van der Waals surface area contributed by atoms with Gasteiger partial charge in [0, 0.05) is 34.6 Å². The first kappa shape index (κ1) is 24.4. The van der Waals surface area contributed by atoms with Gasteiger partial charge in [0.15, 0.2) is 5.78 Å². The normalized spacial score (nSPS) is 17.1. The molecular weight excluding hydrogens is 476 g/mol. The molecule has 0 aliphatic carbocycles. The molecule has 3 nitrogen and oxygen atoms in total. The molecule has 6 rings (SSSR count). The van der Waals surface area contributed by atoms with Crippen molar-refractivity contribution in [2.24, 2.45) is 0 Å². The van der Waals surface area contributed by atoms with Crippen molar-refractivity contribution in [1.82, 2.24) is 0 Å². The number of nitrogens with one attached hydrogen (secondary N) is 1. The lowest BCUT2D eigenvalue weighted by molar-refractivity contribution is 0.102. The monoisotopic (exact) mass is 506 g/mol. The molecule has 0 saturated carbocycles. The van der Waals surface area contributed by atoms with Crippen LogP contribution in [-0.4, -0.2) is 5.78 Å². The van der Waals surface area contributed by atoms with Gasteiger partial charge in [-0.1, -0.05) is 127 Å². The second-order valence-corrected chi connectivity index (χ2v) is 9.77. The van der Waals surface area contributed by atoms with Gasteiger partial charge in [-0.2, -0.15) is 0 Å². The van der Waals surface area contributed by atoms with Crippen molar-refractivity contribution in [1.29, 1.82) is 0 Å². The van der Waals surface area contributed by atoms with Crippen molar-refractivity contribution >= 4 is 17.2 Å². The predicted molar refractivity (Wildman–Crippen MR) is 160 cm³/mol. The highest BCUT2D eigenvalue weighted by Gasteiger charge is 2.41. The van der Waals surface area contributed by atoms with Crippen molar-refractivity contribution in [3.63, 3.8) is 0 Å². The maximum absolute atomic E-state index is 14.5. The Labute approximate surface area is 230 Å². The number of nitrogens with zero attached hydrogens (tertiary/aromatic N) is 1. The van der Waals surface area contributed by atoms with E-state index in [4.69, 9.17) is 0 Å². The van der Waals surface area contributed by atoms with Gasteiger partial charge in [-0.05, 0) is 35.4 Å². The SMILES string of the molecule is O=C(C1=C(Nc2ccccc2)CC(c2ccccc2)N(c2ccccc2)C1c1ccccc1)c1ccccc1. The molecule has 0 saturated heterocycles. The van der Waals surface area contributed by atoms with Crippen LogP contribution in [0.5, 0.6) is 0 Å². The first-order valence-corrected chi connectivity index (χ1v) is 13.4. The Bertz CT molecular complexity index is 1550. The summed E-state index contributed by atoms with van der Waals surface area (Å²) in [5, 5.41) is 3.69. The molecule has 0 radical (unpaired) electrons. The molecule has 1 aliphatic rings. The van der Waals surface area contributed by atoms with E-state index in [1.54, 1.807) is 0 Å². The Morgan fingerprint density at radius 3 is 1.67 bits per heavy atom. The van der Waals surface area contributed by atoms with Gasteiger partial charge in [0.25, 0.3) is 0 Å². The third kappa shape index (κ3) is 5.12. The minimum atomic E-state index is -0.300. The van der Waals surface area contributed by atoms with E-state index >= 15 is 0 Å². The number of hydrogen-bond donors (Lipinski definition) is 1. The maximum atomic E-state index is 14.5. The molecule has 5 aromatic carbocycles. The number of Topliss-reactive ketones (excluding diaryl/α,β-unsaturated/α-hetero) is 1. The Morgan fingerprint density at radius 2 is 1.08 bits per heavy atom. The van der Waals surface area contributed by atoms with Gasteiger partial charge < -0.3 is 10.2 Å². The number of anilines is 2. The summed E-state index contributed by atoms with van der Waals surface area (Å²) in [5.41, 5.74) is 6.74. The molecule has 0 amide bonds. The summed E-state index contributed by atoms with van der Waals surface area (Å²) in [4.78, 5) is 16.9. The highest BCUT2D eigenvalue weighted by Crippen LogP contribution is 2.48. The Balaban J connectivity index is 1.63. The van der Waals surface area contributed by atoms with Gasteiger partial charge >= 0.3 is 0 Å². The fourth-order valence-corrected chi connectivity index (χ4v) is 5.55. The van der Waals surface area contributed by atoms with Gasteiger partial charge in [0.1, 0.15) is 0 Å². The lowest BCUT2D eigenvalue weighted by Crippen LogP contribution is -2.41. The van der Waals surface area contributed by atoms with Crippen LogP contribution < -0.4 is 10.2 Å². The molecule has 0 fully saturated rings. The van der Waals surface area contributed by atoms with Crippen LogP contribution in [0.1, 0.15) is 40.0 Å². The molecule has 1 aliphatic heterocycles. The molecule has 0 aromatic heterocycles. The summed E-state index contributed by atoms with van der Waals surface area (Å²) in [7, 11) is 0. The molecule has 5 aromatic rings. The van der Waals surface area contributed by atoms with Crippen LogP contribution in [0.2, 0.25) is 0 Å². The third-order valence-corrected chi connectivity index (χ3v) is 7.31. The van der Waals surface area contributed by atoms with E-state index in [9.17, 15) is 4.79 Å². The number of carbonyl (C=O) groups is 1. The van der Waals surface area contributed by atoms with Crippen LogP contribution in [0.3, 0.4) is 0 Å². The summed E-state index contributed by atoms with van der Waals surface area (Å²) in [6.07, 6.45) is 0.658. The standard InChI is InChI=1S/C36H30N2O/c39-36(29-20-10-3-11-21-29)34-32(37-30-22-12-4-13-23-30)26-33(27-16-6-1-7-17-27)38(31-24-14-5-15-25-31)35(34)28-18-8-2-9-19-28/h1-25,33,35,37H,26H2. The maximum Gasteiger partial charge on any atom is 0.193 e. The zero-order chi connectivity index (χ0) is 26.4. The quantitative estimate of drug-likeness (QED) is 0.224. The molecule has 3 heteroatoms. The molecular formula is C36H30N2O. The highest BCUT2D eigenvalue weighted by molar-refractivity contribution is 6.11. The fourth-order valence-electron chi connectivity index (χ4n) is 5.55. The van der Waals surface area contributed by atoms with E-state index in [0.717, 1.165) is 28.2 Å². The zero-order valence-corrected chi connectivity index (χ0v) is 21.7. The van der Waals surface area contributed by atoms with Crippen LogP contribution in [0.4, 0.5) is 11.4 Å². The van der Waals surface area contributed by atoms with Gasteiger partial charge in [0.2, 0.25) is 0 Å². The number of rotatable bonds is 7. The van der Waals surface area contributed by atoms with E-state index in [-0.39, 0.29) is 17.9 Å². The van der Waals surface area contributed by atoms with Crippen molar-refractivity contribution in [3.8, 4) is 0 Å². The number of para-hydroxylation sites is 2. The van der Waals surface area contributed by atoms with E-state index in [1.807, 2.05) is 60.7 Å². The van der Waals surface area contributed by atoms with Gasteiger partial charge in [0.05, 0.1) is 12.1 Å². The molecule has 2 unspecified atom stereocenters. The molecule has 0 spiro atoms. The summed E-state index contributed by atoms with van der Waals surface area (Å²) in [5.74, 6) is 0.0373. The van der Waals surface area contributed by atoms with Crippen LogP contribution in [-0.2, 0) is 0 Å². The molecule has 39 heavy (non-hydrogen) atoms. The highest BCUT2D eigenvalue weighted by atomic mass is 16.1. The van der Waals surface area contributed by atoms with Gasteiger partial charge in [-0.3, -0.25) is 4.79 Å². The van der Waals surface area contributed by atoms with Crippen LogP contribution in [0.25, 0.3) is 0 Å². The van der Waals surface area contributed by atoms with E-state index in [1.165, 1.54) is 5.56 Å². The smallest absolute Gasteiger partial charge is 0.193 e. The summed E-state index contributed by atoms with van der Waals surface area (Å²) >= 11 is 0. The van der Waals surface area contributed by atoms with Crippen LogP contribution in [0.15, 0.2) is 163 Å². The number of hydrogen-bond acceptors (Lipinski definition) is 3. The Kier molecular flexibility index (Phi) is 7.05. The molecule has 1 N–H and O–H groups in total. The molecule has 1 heterocycles. The van der Waals surface area contributed by atoms with Gasteiger partial charge in [-0.25, -0.2) is 0 Å². The second-order valence-electron chi connectivity index (χ2n) is 9.77. The first-order valence-electron chi connectivity index (χ1n) is 13.4. The Hall–Kier alpha value is -4.89. The summed E-state index contributed by atoms with van der Waals surface area (Å²) in [6.45, 7) is 0. The number of ketones is 1. The zero-order valence-electron chi connectivity index (χ0n) is 21.7. The van der Waals surface area contributed by atoms with Crippen molar-refractivity contribution in [3.05, 3.63) is 180 Å². The lowest BCUT2D eigenvalue weighted by atomic mass is 9.81. The minimum Gasteiger partial charge on any atom is -0.358 e. The third-order valence-electron chi connectivity index (χ3n) is 7.31. The number of carbonyl (C=O) groups excluding carboxylic acids is 1. The first-order chi connectivity index (χ1) is 19.3. The van der Waals surface area contributed by atoms with E-state index in [2.05, 4.69) is 101 Å². The number of benzene rings is 5. The predicted octanol–water partition coefficient (Wildman–Crippen LogP) is 8.63. The largest absolute Gasteiger partial charge is 0.358 e. The van der Waals surface area contributed by atoms with E-state index in [0.29, 0.717) is 12.0 Å². The molecule has 190 valence electrons. The minimum absolute atomic E-state index is 0.0114. The van der Waals surface area contributed by atoms with Gasteiger partial charge in [-0.15, -0.1) is 0 Å². The van der Waals surface area contributed by atoms with Crippen molar-refractivity contribution in [2.45, 2.75) is 18.5 Å².